The molecule has 3 nitrogen and oxygen atoms in total. The van der Waals surface area contributed by atoms with E-state index in [0.29, 0.717) is 11.1 Å². The van der Waals surface area contributed by atoms with E-state index in [0.717, 1.165) is 22.4 Å². The Labute approximate surface area is 124 Å². The fourth-order valence-corrected chi connectivity index (χ4v) is 2.55. The number of hydrazine groups is 1. The number of methoxy groups -OCH3 is 1. The molecule has 0 fully saturated rings. The summed E-state index contributed by atoms with van der Waals surface area (Å²) in [5, 5.41) is 0. The van der Waals surface area contributed by atoms with Gasteiger partial charge >= 0.3 is 0 Å². The number of aryl methyl sites for hydroxylation is 2. The van der Waals surface area contributed by atoms with Gasteiger partial charge in [-0.25, -0.2) is 9.82 Å². The van der Waals surface area contributed by atoms with Gasteiger partial charge in [0.05, 0.1) is 13.2 Å². The van der Waals surface area contributed by atoms with Crippen LogP contribution in [0.2, 0.25) is 0 Å². The third kappa shape index (κ3) is 2.77. The highest BCUT2D eigenvalue weighted by Crippen LogP contribution is 2.35. The maximum atomic E-state index is 14.4. The minimum atomic E-state index is -0.459. The van der Waals surface area contributed by atoms with Gasteiger partial charge in [-0.1, -0.05) is 30.3 Å². The molecule has 4 heteroatoms. The predicted octanol–water partition coefficient (Wildman–Crippen LogP) is 3.31. The Kier molecular flexibility index (Phi) is 4.60. The SMILES string of the molecule is COc1c(C(NN)c2cccc(C)c2F)ccc(C)c1C. The fourth-order valence-electron chi connectivity index (χ4n) is 2.55. The second kappa shape index (κ2) is 6.24. The average Bonchev–Trinajstić information content (AvgIpc) is 2.48. The van der Waals surface area contributed by atoms with Gasteiger partial charge in [0, 0.05) is 11.1 Å². The normalized spacial score (nSPS) is 12.3. The van der Waals surface area contributed by atoms with Crippen LogP contribution in [-0.4, -0.2) is 7.11 Å². The topological polar surface area (TPSA) is 47.3 Å². The van der Waals surface area contributed by atoms with Crippen LogP contribution >= 0.6 is 0 Å². The summed E-state index contributed by atoms with van der Waals surface area (Å²) in [5.74, 6) is 6.18. The quantitative estimate of drug-likeness (QED) is 0.670. The van der Waals surface area contributed by atoms with Crippen molar-refractivity contribution in [1.82, 2.24) is 5.43 Å². The molecule has 0 radical (unpaired) electrons. The fraction of sp³-hybridized carbons (Fsp3) is 0.294. The first-order chi connectivity index (χ1) is 10.0. The lowest BCUT2D eigenvalue weighted by Gasteiger charge is -2.22. The molecule has 0 saturated heterocycles. The van der Waals surface area contributed by atoms with E-state index in [-0.39, 0.29) is 5.82 Å². The van der Waals surface area contributed by atoms with Crippen LogP contribution in [0.1, 0.15) is 33.9 Å². The second-order valence-electron chi connectivity index (χ2n) is 5.21. The van der Waals surface area contributed by atoms with E-state index in [4.69, 9.17) is 10.6 Å². The lowest BCUT2D eigenvalue weighted by Crippen LogP contribution is -2.30. The molecule has 0 aromatic heterocycles. The molecule has 112 valence electrons. The van der Waals surface area contributed by atoms with Crippen molar-refractivity contribution >= 4 is 0 Å². The molecule has 1 unspecified atom stereocenters. The standard InChI is InChI=1S/C17H21FN2O/c1-10-8-9-14(17(21-4)12(10)3)16(20-19)13-7-5-6-11(2)15(13)18/h5-9,16,20H,19H2,1-4H3. The summed E-state index contributed by atoms with van der Waals surface area (Å²) < 4.78 is 19.9. The van der Waals surface area contributed by atoms with Crippen LogP contribution in [0.3, 0.4) is 0 Å². The summed E-state index contributed by atoms with van der Waals surface area (Å²) in [6.45, 7) is 5.74. The van der Waals surface area contributed by atoms with Gasteiger partial charge < -0.3 is 4.74 Å². The molecule has 0 heterocycles. The molecule has 0 aliphatic rings. The van der Waals surface area contributed by atoms with Crippen molar-refractivity contribution in [3.8, 4) is 5.75 Å². The van der Waals surface area contributed by atoms with Crippen molar-refractivity contribution in [1.29, 1.82) is 0 Å². The molecular formula is C17H21FN2O. The summed E-state index contributed by atoms with van der Waals surface area (Å²) in [4.78, 5) is 0. The Morgan fingerprint density at radius 2 is 1.76 bits per heavy atom. The molecule has 0 bridgehead atoms. The molecule has 0 amide bonds. The van der Waals surface area contributed by atoms with Crippen LogP contribution in [0.25, 0.3) is 0 Å². The predicted molar refractivity (Wildman–Crippen MR) is 82.8 cm³/mol. The van der Waals surface area contributed by atoms with Gasteiger partial charge in [0.25, 0.3) is 0 Å². The summed E-state index contributed by atoms with van der Waals surface area (Å²) >= 11 is 0. The number of hydrogen-bond donors (Lipinski definition) is 2. The van der Waals surface area contributed by atoms with Crippen LogP contribution < -0.4 is 16.0 Å². The second-order valence-corrected chi connectivity index (χ2v) is 5.21. The largest absolute Gasteiger partial charge is 0.496 e. The van der Waals surface area contributed by atoms with Crippen molar-refractivity contribution in [2.45, 2.75) is 26.8 Å². The van der Waals surface area contributed by atoms with E-state index in [1.54, 1.807) is 26.2 Å². The highest BCUT2D eigenvalue weighted by atomic mass is 19.1. The third-order valence-electron chi connectivity index (χ3n) is 3.92. The smallest absolute Gasteiger partial charge is 0.131 e. The number of ether oxygens (including phenoxy) is 1. The first kappa shape index (κ1) is 15.5. The molecule has 0 spiro atoms. The van der Waals surface area contributed by atoms with E-state index in [1.165, 1.54) is 0 Å². The summed E-state index contributed by atoms with van der Waals surface area (Å²) in [5.41, 5.74) is 6.79. The van der Waals surface area contributed by atoms with Gasteiger partial charge in [-0.3, -0.25) is 5.84 Å². The van der Waals surface area contributed by atoms with Gasteiger partial charge in [-0.05, 0) is 37.5 Å². The van der Waals surface area contributed by atoms with Crippen LogP contribution in [-0.2, 0) is 0 Å². The minimum absolute atomic E-state index is 0.249. The summed E-state index contributed by atoms with van der Waals surface area (Å²) in [7, 11) is 1.62. The first-order valence-electron chi connectivity index (χ1n) is 6.86. The molecule has 0 aliphatic carbocycles. The third-order valence-corrected chi connectivity index (χ3v) is 3.92. The van der Waals surface area contributed by atoms with E-state index >= 15 is 0 Å². The first-order valence-corrected chi connectivity index (χ1v) is 6.86. The highest BCUT2D eigenvalue weighted by molar-refractivity contribution is 5.50. The zero-order valence-electron chi connectivity index (χ0n) is 12.8. The number of benzene rings is 2. The summed E-state index contributed by atoms with van der Waals surface area (Å²) in [6.07, 6.45) is 0. The number of nitrogens with two attached hydrogens (primary N) is 1. The van der Waals surface area contributed by atoms with E-state index in [1.807, 2.05) is 32.0 Å². The van der Waals surface area contributed by atoms with Gasteiger partial charge in [0.1, 0.15) is 11.6 Å². The van der Waals surface area contributed by atoms with Crippen molar-refractivity contribution < 1.29 is 9.13 Å². The molecular weight excluding hydrogens is 267 g/mol. The molecule has 0 aliphatic heterocycles. The zero-order chi connectivity index (χ0) is 15.6. The maximum Gasteiger partial charge on any atom is 0.131 e. The molecule has 2 aromatic carbocycles. The Morgan fingerprint density at radius 3 is 2.38 bits per heavy atom. The maximum absolute atomic E-state index is 14.4. The van der Waals surface area contributed by atoms with Gasteiger partial charge in [-0.2, -0.15) is 0 Å². The molecule has 0 saturated carbocycles. The van der Waals surface area contributed by atoms with Crippen LogP contribution in [0.15, 0.2) is 30.3 Å². The van der Waals surface area contributed by atoms with E-state index in [9.17, 15) is 4.39 Å². The Morgan fingerprint density at radius 1 is 1.05 bits per heavy atom. The van der Waals surface area contributed by atoms with Crippen LogP contribution in [0.4, 0.5) is 4.39 Å². The van der Waals surface area contributed by atoms with Crippen molar-refractivity contribution in [3.05, 3.63) is 64.0 Å². The van der Waals surface area contributed by atoms with Crippen molar-refractivity contribution in [2.75, 3.05) is 7.11 Å². The minimum Gasteiger partial charge on any atom is -0.496 e. The Bertz CT molecular complexity index is 655. The summed E-state index contributed by atoms with van der Waals surface area (Å²) in [6, 6.07) is 8.76. The average molecular weight is 288 g/mol. The van der Waals surface area contributed by atoms with Crippen LogP contribution in [0, 0.1) is 26.6 Å². The molecule has 2 aromatic rings. The Balaban J connectivity index is 2.62. The molecule has 3 N–H and O–H groups in total. The lowest BCUT2D eigenvalue weighted by molar-refractivity contribution is 0.399. The van der Waals surface area contributed by atoms with Crippen molar-refractivity contribution in [2.24, 2.45) is 5.84 Å². The van der Waals surface area contributed by atoms with Gasteiger partial charge in [0.15, 0.2) is 0 Å². The Hall–Kier alpha value is -1.91. The zero-order valence-corrected chi connectivity index (χ0v) is 12.8. The van der Waals surface area contributed by atoms with Gasteiger partial charge in [-0.15, -0.1) is 0 Å². The molecule has 2 rings (SSSR count). The highest BCUT2D eigenvalue weighted by Gasteiger charge is 2.22. The van der Waals surface area contributed by atoms with E-state index in [2.05, 4.69) is 5.43 Å². The number of rotatable bonds is 4. The number of halogens is 1. The monoisotopic (exact) mass is 288 g/mol. The molecule has 21 heavy (non-hydrogen) atoms. The van der Waals surface area contributed by atoms with E-state index < -0.39 is 6.04 Å². The number of hydrogen-bond acceptors (Lipinski definition) is 3. The van der Waals surface area contributed by atoms with Crippen LogP contribution in [0.5, 0.6) is 5.75 Å². The lowest BCUT2D eigenvalue weighted by atomic mass is 9.93. The number of nitrogens with one attached hydrogen (secondary N) is 1. The van der Waals surface area contributed by atoms with Gasteiger partial charge in [0.2, 0.25) is 0 Å². The molecule has 1 atom stereocenters. The van der Waals surface area contributed by atoms with Crippen molar-refractivity contribution in [3.63, 3.8) is 0 Å².